The molecule has 1 N–H and O–H groups in total. The van der Waals surface area contributed by atoms with Crippen molar-refractivity contribution in [2.45, 2.75) is 45.6 Å². The van der Waals surface area contributed by atoms with Crippen LogP contribution in [0.3, 0.4) is 0 Å². The van der Waals surface area contributed by atoms with E-state index < -0.39 is 0 Å². The normalized spacial score (nSPS) is 18.3. The van der Waals surface area contributed by atoms with Crippen molar-refractivity contribution in [3.05, 3.63) is 24.2 Å². The molecular formula is C14H20N4. The Morgan fingerprint density at radius 2 is 2.17 bits per heavy atom. The van der Waals surface area contributed by atoms with Crippen molar-refractivity contribution in [1.29, 1.82) is 0 Å². The molecular weight excluding hydrogens is 224 g/mol. The highest BCUT2D eigenvalue weighted by molar-refractivity contribution is 5.67. The smallest absolute Gasteiger partial charge is 0.152 e. The first kappa shape index (κ1) is 11.5. The summed E-state index contributed by atoms with van der Waals surface area (Å²) in [5, 5.41) is 7.98. The van der Waals surface area contributed by atoms with Crippen LogP contribution in [0.2, 0.25) is 0 Å². The lowest BCUT2D eigenvalue weighted by molar-refractivity contribution is 0.481. The average Bonchev–Trinajstić information content (AvgIpc) is 2.96. The van der Waals surface area contributed by atoms with E-state index in [2.05, 4.69) is 28.4 Å². The van der Waals surface area contributed by atoms with Crippen molar-refractivity contribution < 1.29 is 0 Å². The largest absolute Gasteiger partial charge is 0.366 e. The van der Waals surface area contributed by atoms with Crippen LogP contribution in [-0.2, 0) is 0 Å². The lowest BCUT2D eigenvalue weighted by Gasteiger charge is -2.21. The third kappa shape index (κ3) is 2.07. The number of rotatable bonds is 3. The second-order valence-corrected chi connectivity index (χ2v) is 5.37. The van der Waals surface area contributed by atoms with Crippen molar-refractivity contribution in [2.75, 3.05) is 5.32 Å². The molecule has 0 amide bonds. The van der Waals surface area contributed by atoms with E-state index in [0.717, 1.165) is 22.9 Å². The van der Waals surface area contributed by atoms with Crippen LogP contribution < -0.4 is 5.32 Å². The zero-order valence-electron chi connectivity index (χ0n) is 11.1. The predicted molar refractivity (Wildman–Crippen MR) is 72.8 cm³/mol. The highest BCUT2D eigenvalue weighted by atomic mass is 15.2. The number of hydrogen-bond acceptors (Lipinski definition) is 3. The van der Waals surface area contributed by atoms with Crippen LogP contribution in [0, 0.1) is 12.8 Å². The summed E-state index contributed by atoms with van der Waals surface area (Å²) in [6.07, 6.45) is 9.14. The molecule has 0 spiro atoms. The summed E-state index contributed by atoms with van der Waals surface area (Å²) < 4.78 is 1.89. The molecule has 1 unspecified atom stereocenters. The van der Waals surface area contributed by atoms with Crippen molar-refractivity contribution in [3.8, 4) is 0 Å². The first-order chi connectivity index (χ1) is 8.74. The molecule has 0 aromatic carbocycles. The zero-order valence-corrected chi connectivity index (χ0v) is 11.1. The lowest BCUT2D eigenvalue weighted by Crippen LogP contribution is -2.24. The quantitative estimate of drug-likeness (QED) is 0.902. The number of anilines is 1. The second-order valence-electron chi connectivity index (χ2n) is 5.37. The maximum Gasteiger partial charge on any atom is 0.152 e. The molecule has 0 bridgehead atoms. The Morgan fingerprint density at radius 3 is 2.94 bits per heavy atom. The molecule has 4 heteroatoms. The highest BCUT2D eigenvalue weighted by Crippen LogP contribution is 2.29. The van der Waals surface area contributed by atoms with Crippen molar-refractivity contribution in [2.24, 2.45) is 5.92 Å². The van der Waals surface area contributed by atoms with E-state index in [4.69, 9.17) is 0 Å². The van der Waals surface area contributed by atoms with E-state index in [0.29, 0.717) is 6.04 Å². The Bertz CT molecular complexity index is 540. The van der Waals surface area contributed by atoms with E-state index >= 15 is 0 Å². The fraction of sp³-hybridized carbons (Fsp3) is 0.571. The van der Waals surface area contributed by atoms with Crippen LogP contribution in [0.1, 0.15) is 38.3 Å². The van der Waals surface area contributed by atoms with Crippen LogP contribution in [0.4, 0.5) is 5.82 Å². The third-order valence-corrected chi connectivity index (χ3v) is 3.98. The summed E-state index contributed by atoms with van der Waals surface area (Å²) >= 11 is 0. The standard InChI is InChI=1S/C14H20N4/c1-10-9-13-14(15-7-8-18(13)17-10)16-11(2)12-5-3-4-6-12/h7-9,11-12H,3-6H2,1-2H3,(H,15,16). The SMILES string of the molecule is Cc1cc2c(NC(C)C3CCCC3)nccn2n1. The summed E-state index contributed by atoms with van der Waals surface area (Å²) in [4.78, 5) is 4.46. The topological polar surface area (TPSA) is 42.2 Å². The number of fused-ring (bicyclic) bond motifs is 1. The van der Waals surface area contributed by atoms with Gasteiger partial charge >= 0.3 is 0 Å². The molecule has 18 heavy (non-hydrogen) atoms. The Kier molecular flexibility index (Phi) is 2.94. The molecule has 1 atom stereocenters. The number of nitrogens with zero attached hydrogens (tertiary/aromatic N) is 3. The Balaban J connectivity index is 1.85. The third-order valence-electron chi connectivity index (χ3n) is 3.98. The van der Waals surface area contributed by atoms with Crippen LogP contribution in [0.15, 0.2) is 18.5 Å². The number of hydrogen-bond donors (Lipinski definition) is 1. The molecule has 96 valence electrons. The predicted octanol–water partition coefficient (Wildman–Crippen LogP) is 3.03. The molecule has 1 aliphatic carbocycles. The van der Waals surface area contributed by atoms with E-state index in [1.54, 1.807) is 0 Å². The van der Waals surface area contributed by atoms with Gasteiger partial charge in [0.1, 0.15) is 5.52 Å². The van der Waals surface area contributed by atoms with Gasteiger partial charge in [-0.3, -0.25) is 0 Å². The van der Waals surface area contributed by atoms with E-state index in [1.165, 1.54) is 25.7 Å². The van der Waals surface area contributed by atoms with E-state index in [1.807, 2.05) is 23.8 Å². The minimum atomic E-state index is 0.487. The number of aryl methyl sites for hydroxylation is 1. The number of nitrogens with one attached hydrogen (secondary N) is 1. The molecule has 2 heterocycles. The average molecular weight is 244 g/mol. The van der Waals surface area contributed by atoms with Gasteiger partial charge in [0, 0.05) is 18.4 Å². The summed E-state index contributed by atoms with van der Waals surface area (Å²) in [7, 11) is 0. The van der Waals surface area contributed by atoms with Gasteiger partial charge in [0.25, 0.3) is 0 Å². The molecule has 0 aliphatic heterocycles. The van der Waals surface area contributed by atoms with E-state index in [9.17, 15) is 0 Å². The molecule has 2 aromatic rings. The fourth-order valence-electron chi connectivity index (χ4n) is 2.95. The first-order valence-corrected chi connectivity index (χ1v) is 6.81. The van der Waals surface area contributed by atoms with Gasteiger partial charge < -0.3 is 5.32 Å². The monoisotopic (exact) mass is 244 g/mol. The number of aromatic nitrogens is 3. The maximum absolute atomic E-state index is 4.46. The Labute approximate surface area is 107 Å². The Morgan fingerprint density at radius 1 is 1.39 bits per heavy atom. The summed E-state index contributed by atoms with van der Waals surface area (Å²) in [6.45, 7) is 4.28. The molecule has 4 nitrogen and oxygen atoms in total. The minimum Gasteiger partial charge on any atom is -0.366 e. The highest BCUT2D eigenvalue weighted by Gasteiger charge is 2.22. The van der Waals surface area contributed by atoms with Crippen LogP contribution in [0.5, 0.6) is 0 Å². The van der Waals surface area contributed by atoms with Crippen LogP contribution >= 0.6 is 0 Å². The molecule has 3 rings (SSSR count). The molecule has 1 fully saturated rings. The van der Waals surface area contributed by atoms with Gasteiger partial charge in [0.05, 0.1) is 5.69 Å². The van der Waals surface area contributed by atoms with Crippen molar-refractivity contribution >= 4 is 11.3 Å². The molecule has 2 aromatic heterocycles. The lowest BCUT2D eigenvalue weighted by atomic mass is 10.00. The van der Waals surface area contributed by atoms with Gasteiger partial charge in [0.2, 0.25) is 0 Å². The minimum absolute atomic E-state index is 0.487. The molecule has 1 aliphatic rings. The van der Waals surface area contributed by atoms with Gasteiger partial charge in [0.15, 0.2) is 5.82 Å². The maximum atomic E-state index is 4.46. The second kappa shape index (κ2) is 4.59. The van der Waals surface area contributed by atoms with Gasteiger partial charge in [-0.2, -0.15) is 5.10 Å². The van der Waals surface area contributed by atoms with Crippen molar-refractivity contribution in [1.82, 2.24) is 14.6 Å². The summed E-state index contributed by atoms with van der Waals surface area (Å²) in [6, 6.07) is 2.57. The molecule has 1 saturated carbocycles. The zero-order chi connectivity index (χ0) is 12.5. The molecule has 0 radical (unpaired) electrons. The van der Waals surface area contributed by atoms with Crippen LogP contribution in [0.25, 0.3) is 5.52 Å². The molecule has 0 saturated heterocycles. The van der Waals surface area contributed by atoms with Gasteiger partial charge in [-0.25, -0.2) is 9.50 Å². The summed E-state index contributed by atoms with van der Waals surface area (Å²) in [5.41, 5.74) is 2.10. The van der Waals surface area contributed by atoms with Gasteiger partial charge in [-0.15, -0.1) is 0 Å². The Hall–Kier alpha value is -1.58. The van der Waals surface area contributed by atoms with Gasteiger partial charge in [-0.1, -0.05) is 12.8 Å². The van der Waals surface area contributed by atoms with Gasteiger partial charge in [-0.05, 0) is 38.7 Å². The van der Waals surface area contributed by atoms with E-state index in [-0.39, 0.29) is 0 Å². The van der Waals surface area contributed by atoms with Crippen LogP contribution in [-0.4, -0.2) is 20.6 Å². The summed E-state index contributed by atoms with van der Waals surface area (Å²) in [5.74, 6) is 1.74. The first-order valence-electron chi connectivity index (χ1n) is 6.81. The van der Waals surface area contributed by atoms with Crippen molar-refractivity contribution in [3.63, 3.8) is 0 Å². The fourth-order valence-corrected chi connectivity index (χ4v) is 2.95.